The van der Waals surface area contributed by atoms with Crippen LogP contribution >= 0.6 is 0 Å². The average Bonchev–Trinajstić information content (AvgIpc) is 2.42. The molecule has 1 N–H and O–H groups in total. The van der Waals surface area contributed by atoms with Crippen molar-refractivity contribution in [1.82, 2.24) is 0 Å². The topological polar surface area (TPSA) is 32.6 Å². The van der Waals surface area contributed by atoms with E-state index in [-0.39, 0.29) is 0 Å². The molecule has 2 heteroatoms. The van der Waals surface area contributed by atoms with Gasteiger partial charge < -0.3 is 5.11 Å². The lowest BCUT2D eigenvalue weighted by atomic mass is 9.50. The minimum atomic E-state index is 0.490. The largest absolute Gasteiger partial charge is 0.507 e. The first-order valence-corrected chi connectivity index (χ1v) is 8.41. The highest BCUT2D eigenvalue weighted by molar-refractivity contribution is 5.84. The maximum absolute atomic E-state index is 10.7. The van der Waals surface area contributed by atoms with Gasteiger partial charge in [0.2, 0.25) is 0 Å². The second kappa shape index (κ2) is 4.86. The zero-order valence-electron chi connectivity index (χ0n) is 13.0. The van der Waals surface area contributed by atoms with Crippen molar-refractivity contribution < 1.29 is 5.11 Å². The Morgan fingerprint density at radius 2 is 1.67 bits per heavy atom. The molecule has 4 fully saturated rings. The van der Waals surface area contributed by atoms with Crippen molar-refractivity contribution in [3.63, 3.8) is 0 Å². The second-order valence-electron chi connectivity index (χ2n) is 7.64. The van der Waals surface area contributed by atoms with Crippen molar-refractivity contribution in [3.8, 4) is 5.75 Å². The third-order valence-corrected chi connectivity index (χ3v) is 6.17. The van der Waals surface area contributed by atoms with E-state index in [2.05, 4.69) is 18.0 Å². The molecular weight excluding hydrogens is 258 g/mol. The fourth-order valence-electron chi connectivity index (χ4n) is 5.76. The van der Waals surface area contributed by atoms with Gasteiger partial charge in [0.15, 0.2) is 0 Å². The number of rotatable bonds is 2. The molecule has 112 valence electrons. The van der Waals surface area contributed by atoms with Crippen molar-refractivity contribution >= 4 is 6.21 Å². The number of benzene rings is 1. The van der Waals surface area contributed by atoms with Gasteiger partial charge in [0, 0.05) is 18.8 Å². The summed E-state index contributed by atoms with van der Waals surface area (Å²) in [6, 6.07) is 4.27. The van der Waals surface area contributed by atoms with Crippen LogP contribution in [-0.4, -0.2) is 18.4 Å². The van der Waals surface area contributed by atoms with E-state index in [0.29, 0.717) is 11.7 Å². The summed E-state index contributed by atoms with van der Waals surface area (Å²) in [5.74, 6) is 4.64. The van der Waals surface area contributed by atoms with Crippen LogP contribution in [0.2, 0.25) is 0 Å². The van der Waals surface area contributed by atoms with Gasteiger partial charge in [-0.2, -0.15) is 0 Å². The molecule has 4 aliphatic carbocycles. The van der Waals surface area contributed by atoms with Crippen LogP contribution in [0.5, 0.6) is 5.75 Å². The van der Waals surface area contributed by atoms with Gasteiger partial charge in [-0.1, -0.05) is 6.07 Å². The van der Waals surface area contributed by atoms with E-state index >= 15 is 0 Å². The van der Waals surface area contributed by atoms with Crippen molar-refractivity contribution in [2.75, 3.05) is 7.05 Å². The Hall–Kier alpha value is -1.31. The van der Waals surface area contributed by atoms with Gasteiger partial charge in [-0.15, -0.1) is 0 Å². The number of aromatic hydroxyl groups is 1. The van der Waals surface area contributed by atoms with E-state index in [0.717, 1.165) is 29.2 Å². The lowest BCUT2D eigenvalue weighted by molar-refractivity contribution is -0.00349. The van der Waals surface area contributed by atoms with E-state index in [9.17, 15) is 5.11 Å². The Labute approximate surface area is 127 Å². The molecule has 4 aliphatic rings. The first-order valence-electron chi connectivity index (χ1n) is 8.41. The maximum Gasteiger partial charge on any atom is 0.127 e. The molecule has 1 aromatic carbocycles. The first kappa shape index (κ1) is 13.4. The van der Waals surface area contributed by atoms with Gasteiger partial charge >= 0.3 is 0 Å². The van der Waals surface area contributed by atoms with Gasteiger partial charge in [-0.3, -0.25) is 4.99 Å². The van der Waals surface area contributed by atoms with Crippen LogP contribution in [0.25, 0.3) is 0 Å². The van der Waals surface area contributed by atoms with Crippen molar-refractivity contribution in [2.24, 2.45) is 28.7 Å². The molecule has 21 heavy (non-hydrogen) atoms. The highest BCUT2D eigenvalue weighted by Crippen LogP contribution is 2.60. The molecule has 4 bridgehead atoms. The summed E-state index contributed by atoms with van der Waals surface area (Å²) < 4.78 is 0. The van der Waals surface area contributed by atoms with Gasteiger partial charge in [-0.05, 0) is 85.8 Å². The lowest BCUT2D eigenvalue weighted by Gasteiger charge is -2.54. The minimum Gasteiger partial charge on any atom is -0.507 e. The molecule has 0 amide bonds. The summed E-state index contributed by atoms with van der Waals surface area (Å²) in [5, 5.41) is 10.7. The van der Waals surface area contributed by atoms with E-state index in [1.54, 1.807) is 13.3 Å². The Kier molecular flexibility index (Phi) is 3.09. The SMILES string of the molecule is CN=Cc1cc(C)cc(C2C3CC4CC(C3)CC2C4)c1O. The Morgan fingerprint density at radius 3 is 2.24 bits per heavy atom. The van der Waals surface area contributed by atoms with Crippen LogP contribution in [0.15, 0.2) is 17.1 Å². The fourth-order valence-corrected chi connectivity index (χ4v) is 5.76. The monoisotopic (exact) mass is 283 g/mol. The van der Waals surface area contributed by atoms with Crippen LogP contribution in [0, 0.1) is 30.6 Å². The highest BCUT2D eigenvalue weighted by Gasteiger charge is 2.49. The van der Waals surface area contributed by atoms with E-state index in [4.69, 9.17) is 0 Å². The molecule has 0 atom stereocenters. The lowest BCUT2D eigenvalue weighted by Crippen LogP contribution is -2.43. The number of aryl methyl sites for hydroxylation is 1. The molecule has 0 heterocycles. The molecule has 0 aliphatic heterocycles. The predicted octanol–water partition coefficient (Wildman–Crippen LogP) is 4.29. The smallest absolute Gasteiger partial charge is 0.127 e. The third-order valence-electron chi connectivity index (χ3n) is 6.17. The van der Waals surface area contributed by atoms with Crippen molar-refractivity contribution in [2.45, 2.75) is 44.9 Å². The van der Waals surface area contributed by atoms with Gasteiger partial charge in [0.25, 0.3) is 0 Å². The van der Waals surface area contributed by atoms with Crippen LogP contribution in [-0.2, 0) is 0 Å². The number of nitrogens with zero attached hydrogens (tertiary/aromatic N) is 1. The molecule has 0 saturated heterocycles. The Balaban J connectivity index is 1.76. The molecule has 0 spiro atoms. The number of phenolic OH excluding ortho intramolecular Hbond substituents is 1. The summed E-state index contributed by atoms with van der Waals surface area (Å²) in [5.41, 5.74) is 3.34. The summed E-state index contributed by atoms with van der Waals surface area (Å²) in [7, 11) is 1.77. The molecule has 1 aromatic rings. The average molecular weight is 283 g/mol. The summed E-state index contributed by atoms with van der Waals surface area (Å²) in [6.45, 7) is 2.13. The molecule has 0 unspecified atom stereocenters. The normalized spacial score (nSPS) is 37.5. The van der Waals surface area contributed by atoms with E-state index in [1.807, 2.05) is 6.07 Å². The molecule has 5 rings (SSSR count). The number of hydrogen-bond acceptors (Lipinski definition) is 2. The third kappa shape index (κ3) is 2.11. The fraction of sp³-hybridized carbons (Fsp3) is 0.632. The Morgan fingerprint density at radius 1 is 1.05 bits per heavy atom. The van der Waals surface area contributed by atoms with Crippen molar-refractivity contribution in [3.05, 3.63) is 28.8 Å². The zero-order valence-corrected chi connectivity index (χ0v) is 13.0. The van der Waals surface area contributed by atoms with Crippen LogP contribution in [0.3, 0.4) is 0 Å². The Bertz CT molecular complexity index is 561. The van der Waals surface area contributed by atoms with E-state index < -0.39 is 0 Å². The predicted molar refractivity (Wildman–Crippen MR) is 86.1 cm³/mol. The number of aliphatic imine (C=N–C) groups is 1. The molecular formula is C19H25NO. The van der Waals surface area contributed by atoms with Gasteiger partial charge in [0.05, 0.1) is 0 Å². The molecule has 2 nitrogen and oxygen atoms in total. The molecule has 0 radical (unpaired) electrons. The van der Waals surface area contributed by atoms with Crippen molar-refractivity contribution in [1.29, 1.82) is 0 Å². The maximum atomic E-state index is 10.7. The first-order chi connectivity index (χ1) is 10.2. The highest BCUT2D eigenvalue weighted by atomic mass is 16.3. The van der Waals surface area contributed by atoms with Gasteiger partial charge in [0.1, 0.15) is 5.75 Å². The molecule has 0 aromatic heterocycles. The second-order valence-corrected chi connectivity index (χ2v) is 7.64. The summed E-state index contributed by atoms with van der Waals surface area (Å²) >= 11 is 0. The van der Waals surface area contributed by atoms with Gasteiger partial charge in [-0.25, -0.2) is 0 Å². The number of hydrogen-bond donors (Lipinski definition) is 1. The number of phenols is 1. The minimum absolute atomic E-state index is 0.490. The van der Waals surface area contributed by atoms with Crippen LogP contribution in [0.4, 0.5) is 0 Å². The zero-order chi connectivity index (χ0) is 14.6. The quantitative estimate of drug-likeness (QED) is 0.807. The van der Waals surface area contributed by atoms with E-state index in [1.165, 1.54) is 43.2 Å². The molecule has 4 saturated carbocycles. The van der Waals surface area contributed by atoms with Crippen LogP contribution in [0.1, 0.15) is 54.7 Å². The summed E-state index contributed by atoms with van der Waals surface area (Å²) in [4.78, 5) is 4.10. The summed E-state index contributed by atoms with van der Waals surface area (Å²) in [6.07, 6.45) is 8.84. The standard InChI is InChI=1S/C19H25NO/c1-11-3-16(10-20-2)19(21)17(4-11)18-14-6-12-5-13(8-14)9-15(18)7-12/h3-4,10,12-15,18,21H,5-9H2,1-2H3. The van der Waals surface area contributed by atoms with Crippen LogP contribution < -0.4 is 0 Å².